The fourth-order valence-corrected chi connectivity index (χ4v) is 9.86. The maximum Gasteiger partial charge on any atom is 0.164 e. The van der Waals surface area contributed by atoms with Gasteiger partial charge in [0.25, 0.3) is 0 Å². The molecule has 0 aliphatic rings. The maximum absolute atomic E-state index is 5.38. The fraction of sp³-hybridized carbons (Fsp3) is 0. The van der Waals surface area contributed by atoms with Crippen molar-refractivity contribution >= 4 is 64.9 Å². The summed E-state index contributed by atoms with van der Waals surface area (Å²) < 4.78 is 2.51. The van der Waals surface area contributed by atoms with E-state index in [4.69, 9.17) is 15.0 Å². The molecule has 0 fully saturated rings. The third-order valence-corrected chi connectivity index (χ3v) is 13.0. The van der Waals surface area contributed by atoms with Crippen molar-refractivity contribution in [1.82, 2.24) is 19.5 Å². The monoisotopic (exact) mass is 826 g/mol. The fourth-order valence-electron chi connectivity index (χ4n) is 9.86. The Morgan fingerprint density at radius 2 is 0.769 bits per heavy atom. The Labute approximate surface area is 375 Å². The highest BCUT2D eigenvalue weighted by molar-refractivity contribution is 6.24. The summed E-state index contributed by atoms with van der Waals surface area (Å²) in [5, 5.41) is 11.8. The van der Waals surface area contributed by atoms with Gasteiger partial charge in [0.15, 0.2) is 17.5 Å². The summed E-state index contributed by atoms with van der Waals surface area (Å²) in [7, 11) is 0. The van der Waals surface area contributed by atoms with E-state index in [0.717, 1.165) is 66.3 Å². The molecule has 4 heteroatoms. The van der Waals surface area contributed by atoms with Crippen LogP contribution in [0, 0.1) is 0 Å². The van der Waals surface area contributed by atoms with Crippen LogP contribution < -0.4 is 0 Å². The van der Waals surface area contributed by atoms with E-state index in [0.29, 0.717) is 17.5 Å². The van der Waals surface area contributed by atoms with Crippen molar-refractivity contribution in [3.05, 3.63) is 231 Å². The molecule has 0 unspecified atom stereocenters. The van der Waals surface area contributed by atoms with E-state index in [1.54, 1.807) is 0 Å². The molecule has 302 valence electrons. The van der Waals surface area contributed by atoms with Gasteiger partial charge >= 0.3 is 0 Å². The minimum atomic E-state index is 0.617. The highest BCUT2D eigenvalue weighted by Gasteiger charge is 2.24. The van der Waals surface area contributed by atoms with Crippen molar-refractivity contribution in [2.45, 2.75) is 0 Å². The van der Waals surface area contributed by atoms with Crippen LogP contribution in [0.2, 0.25) is 0 Å². The van der Waals surface area contributed by atoms with Crippen LogP contribution in [0.5, 0.6) is 0 Å². The van der Waals surface area contributed by atoms with E-state index in [9.17, 15) is 0 Å². The molecular weight excluding hydrogens is 789 g/mol. The zero-order valence-electron chi connectivity index (χ0n) is 35.2. The summed E-state index contributed by atoms with van der Waals surface area (Å²) >= 11 is 0. The van der Waals surface area contributed by atoms with E-state index in [1.165, 1.54) is 43.3 Å². The second kappa shape index (κ2) is 15.0. The topological polar surface area (TPSA) is 43.6 Å². The summed E-state index contributed by atoms with van der Waals surface area (Å²) in [5.74, 6) is 1.87. The lowest BCUT2D eigenvalue weighted by Crippen LogP contribution is -2.03. The number of benzene rings is 11. The van der Waals surface area contributed by atoms with Crippen LogP contribution in [0.1, 0.15) is 0 Å². The molecule has 2 aromatic heterocycles. The van der Waals surface area contributed by atoms with E-state index < -0.39 is 0 Å². The van der Waals surface area contributed by atoms with Crippen LogP contribution in [-0.4, -0.2) is 19.5 Å². The van der Waals surface area contributed by atoms with Gasteiger partial charge in [-0.2, -0.15) is 0 Å². The molecule has 2 heterocycles. The Kier molecular flexibility index (Phi) is 8.50. The van der Waals surface area contributed by atoms with Crippen LogP contribution in [0.25, 0.3) is 127 Å². The lowest BCUT2D eigenvalue weighted by molar-refractivity contribution is 1.08. The smallest absolute Gasteiger partial charge is 0.164 e. The van der Waals surface area contributed by atoms with Gasteiger partial charge in [-0.1, -0.05) is 200 Å². The van der Waals surface area contributed by atoms with Crippen LogP contribution in [0.3, 0.4) is 0 Å². The predicted molar refractivity (Wildman–Crippen MR) is 271 cm³/mol. The second-order valence-corrected chi connectivity index (χ2v) is 16.8. The Hall–Kier alpha value is -8.73. The van der Waals surface area contributed by atoms with Gasteiger partial charge in [0.2, 0.25) is 0 Å². The van der Waals surface area contributed by atoms with Gasteiger partial charge in [0, 0.05) is 38.4 Å². The molecule has 65 heavy (non-hydrogen) atoms. The van der Waals surface area contributed by atoms with Crippen LogP contribution in [0.15, 0.2) is 231 Å². The zero-order valence-corrected chi connectivity index (χ0v) is 35.2. The molecule has 0 amide bonds. The van der Waals surface area contributed by atoms with Crippen molar-refractivity contribution in [3.63, 3.8) is 0 Å². The normalized spacial score (nSPS) is 11.7. The first kappa shape index (κ1) is 36.9. The largest absolute Gasteiger partial charge is 0.308 e. The molecule has 0 atom stereocenters. The van der Waals surface area contributed by atoms with Crippen LogP contribution in [0.4, 0.5) is 0 Å². The quantitative estimate of drug-likeness (QED) is 0.168. The maximum atomic E-state index is 5.38. The van der Waals surface area contributed by atoms with Gasteiger partial charge < -0.3 is 4.57 Å². The molecule has 0 saturated heterocycles. The Balaban J connectivity index is 1.14. The third kappa shape index (κ3) is 6.18. The highest BCUT2D eigenvalue weighted by Crippen LogP contribution is 2.46. The molecule has 0 spiro atoms. The summed E-state index contributed by atoms with van der Waals surface area (Å²) in [6.45, 7) is 0. The Morgan fingerprint density at radius 3 is 1.51 bits per heavy atom. The Bertz CT molecular complexity index is 3980. The standard InChI is InChI=1S/C61H38N4/c1-3-15-39(16-4-1)41-27-30-43(31-28-41)52-38-53(61-63-59(44-19-5-2-6-20-44)62-60(64-61)48-32-29-40-17-7-8-21-45(40)35-48)50-25-13-14-26-51(50)58(52)65-55-34-33-42-18-11-12-24-49(42)57(55)54-36-46-22-9-10-23-47(46)37-56(54)65/h1-38H. The van der Waals surface area contributed by atoms with Crippen LogP contribution >= 0.6 is 0 Å². The first-order chi connectivity index (χ1) is 32.2. The second-order valence-electron chi connectivity index (χ2n) is 16.8. The van der Waals surface area contributed by atoms with Gasteiger partial charge in [-0.3, -0.25) is 0 Å². The van der Waals surface area contributed by atoms with Gasteiger partial charge in [-0.25, -0.2) is 15.0 Å². The van der Waals surface area contributed by atoms with Crippen molar-refractivity contribution in [1.29, 1.82) is 0 Å². The zero-order chi connectivity index (χ0) is 42.8. The molecule has 0 N–H and O–H groups in total. The Morgan fingerprint density at radius 1 is 0.262 bits per heavy atom. The molecule has 0 radical (unpaired) electrons. The van der Waals surface area contributed by atoms with Gasteiger partial charge in [0.1, 0.15) is 0 Å². The third-order valence-electron chi connectivity index (χ3n) is 13.0. The molecule has 0 aliphatic carbocycles. The van der Waals surface area contributed by atoms with Crippen molar-refractivity contribution in [3.8, 4) is 62.1 Å². The summed E-state index contributed by atoms with van der Waals surface area (Å²) in [6, 6.07) is 82.6. The number of rotatable bonds is 6. The van der Waals surface area contributed by atoms with Crippen molar-refractivity contribution in [2.75, 3.05) is 0 Å². The lowest BCUT2D eigenvalue weighted by atomic mass is 9.92. The first-order valence-electron chi connectivity index (χ1n) is 22.1. The number of hydrogen-bond donors (Lipinski definition) is 0. The predicted octanol–water partition coefficient (Wildman–Crippen LogP) is 15.9. The molecule has 13 rings (SSSR count). The van der Waals surface area contributed by atoms with Crippen molar-refractivity contribution in [2.24, 2.45) is 0 Å². The molecule has 0 aliphatic heterocycles. The van der Waals surface area contributed by atoms with E-state index in [-0.39, 0.29) is 0 Å². The van der Waals surface area contributed by atoms with Gasteiger partial charge in [-0.15, -0.1) is 0 Å². The average molecular weight is 827 g/mol. The number of aromatic nitrogens is 4. The summed E-state index contributed by atoms with van der Waals surface area (Å²) in [6.07, 6.45) is 0. The molecular formula is C61H38N4. The SMILES string of the molecule is c1ccc(-c2ccc(-c3cc(-c4nc(-c5ccccc5)nc(-c5ccc6ccccc6c5)n4)c4ccccc4c3-n3c4cc5ccccc5cc4c4c5ccccc5ccc43)cc2)cc1. The first-order valence-corrected chi connectivity index (χ1v) is 22.1. The minimum Gasteiger partial charge on any atom is -0.308 e. The number of hydrogen-bond acceptors (Lipinski definition) is 3. The van der Waals surface area contributed by atoms with E-state index in [1.807, 2.05) is 18.2 Å². The molecule has 13 aromatic rings. The van der Waals surface area contributed by atoms with Crippen molar-refractivity contribution < 1.29 is 0 Å². The van der Waals surface area contributed by atoms with Gasteiger partial charge in [0.05, 0.1) is 16.7 Å². The van der Waals surface area contributed by atoms with E-state index >= 15 is 0 Å². The van der Waals surface area contributed by atoms with Crippen LogP contribution in [-0.2, 0) is 0 Å². The summed E-state index contributed by atoms with van der Waals surface area (Å²) in [5.41, 5.74) is 10.7. The highest BCUT2D eigenvalue weighted by atomic mass is 15.0. The van der Waals surface area contributed by atoms with E-state index in [2.05, 4.69) is 217 Å². The minimum absolute atomic E-state index is 0.617. The number of nitrogens with zero attached hydrogens (tertiary/aromatic N) is 4. The van der Waals surface area contributed by atoms with Gasteiger partial charge in [-0.05, 0) is 84.7 Å². The lowest BCUT2D eigenvalue weighted by Gasteiger charge is -2.20. The molecule has 0 bridgehead atoms. The molecule has 4 nitrogen and oxygen atoms in total. The summed E-state index contributed by atoms with van der Waals surface area (Å²) in [4.78, 5) is 15.9. The average Bonchev–Trinajstić information content (AvgIpc) is 3.70. The molecule has 11 aromatic carbocycles. The number of fused-ring (bicyclic) bond motifs is 8. The molecule has 0 saturated carbocycles.